The number of anilines is 2. The number of carbonyl (C=O) groups excluding carboxylic acids is 1. The Balaban J connectivity index is 1.58. The van der Waals surface area contributed by atoms with Gasteiger partial charge in [0.05, 0.1) is 0 Å². The zero-order valence-electron chi connectivity index (χ0n) is 17.6. The minimum atomic E-state index is -0.684. The van der Waals surface area contributed by atoms with Gasteiger partial charge in [-0.1, -0.05) is 54.6 Å². The summed E-state index contributed by atoms with van der Waals surface area (Å²) in [7, 11) is 0. The zero-order valence-corrected chi connectivity index (χ0v) is 17.6. The van der Waals surface area contributed by atoms with Gasteiger partial charge >= 0.3 is 0 Å². The molecule has 1 unspecified atom stereocenters. The van der Waals surface area contributed by atoms with Crippen LogP contribution in [-0.4, -0.2) is 21.7 Å². The molecule has 6 N–H and O–H groups in total. The quantitative estimate of drug-likeness (QED) is 0.222. The van der Waals surface area contributed by atoms with Gasteiger partial charge in [-0.15, -0.1) is 0 Å². The Labute approximate surface area is 190 Å². The molecule has 1 atom stereocenters. The molecule has 0 saturated carbocycles. The first-order valence-electron chi connectivity index (χ1n) is 10.2. The minimum absolute atomic E-state index is 0.0735. The number of hydrogen-bond donors (Lipinski definition) is 5. The van der Waals surface area contributed by atoms with Gasteiger partial charge < -0.3 is 21.4 Å². The van der Waals surface area contributed by atoms with Crippen molar-refractivity contribution in [2.75, 3.05) is 10.6 Å². The lowest BCUT2D eigenvalue weighted by molar-refractivity contribution is -0.117. The summed E-state index contributed by atoms with van der Waals surface area (Å²) in [5.41, 5.74) is 8.84. The maximum atomic E-state index is 13.2. The number of aromatic nitrogens is 2. The summed E-state index contributed by atoms with van der Waals surface area (Å²) in [6, 6.07) is 22.6. The summed E-state index contributed by atoms with van der Waals surface area (Å²) in [5, 5.41) is 13.8. The molecule has 0 aliphatic rings. The number of H-pyrrole nitrogens is 1. The Morgan fingerprint density at radius 1 is 0.970 bits per heavy atom. The summed E-state index contributed by atoms with van der Waals surface area (Å²) in [4.78, 5) is 31.9. The number of nitrogens with one attached hydrogen (secondary N) is 4. The lowest BCUT2D eigenvalue weighted by atomic mass is 10.0. The van der Waals surface area contributed by atoms with Gasteiger partial charge in [0.25, 0.3) is 11.5 Å². The summed E-state index contributed by atoms with van der Waals surface area (Å²) in [6.07, 6.45) is 3.01. The van der Waals surface area contributed by atoms with Gasteiger partial charge in [-0.05, 0) is 29.8 Å². The van der Waals surface area contributed by atoms with Gasteiger partial charge in [0.2, 0.25) is 0 Å². The van der Waals surface area contributed by atoms with E-state index in [1.807, 2.05) is 30.3 Å². The number of benzene rings is 3. The largest absolute Gasteiger partial charge is 0.384 e. The van der Waals surface area contributed by atoms with E-state index in [0.717, 1.165) is 5.56 Å². The molecular weight excluding hydrogens is 416 g/mol. The second-order valence-corrected chi connectivity index (χ2v) is 7.32. The molecule has 8 heteroatoms. The molecule has 33 heavy (non-hydrogen) atoms. The smallest absolute Gasteiger partial charge is 0.274 e. The first-order valence-corrected chi connectivity index (χ1v) is 10.2. The Hall–Kier alpha value is -4.72. The molecular formula is C25H22N6O2. The van der Waals surface area contributed by atoms with Crippen molar-refractivity contribution in [2.24, 2.45) is 5.73 Å². The molecule has 3 aromatic carbocycles. The highest BCUT2D eigenvalue weighted by molar-refractivity contribution is 6.00. The van der Waals surface area contributed by atoms with Crippen LogP contribution in [0.4, 0.5) is 11.4 Å². The Morgan fingerprint density at radius 2 is 1.73 bits per heavy atom. The molecule has 0 spiro atoms. The normalized spacial score (nSPS) is 11.4. The standard InChI is InChI=1S/C25H22N6O2/c26-23(27)18-7-4-8-20(15-18)31-25(33)22(16-5-2-1-3-6-16)30-19-11-9-17(10-12-19)21-24(32)29-14-13-28-21/h1-15,22,30H,(H3,26,27)(H,29,32)(H,31,33). The van der Waals surface area contributed by atoms with Crippen LogP contribution in [0.2, 0.25) is 0 Å². The van der Waals surface area contributed by atoms with Crippen LogP contribution in [0.5, 0.6) is 0 Å². The molecule has 0 aliphatic carbocycles. The highest BCUT2D eigenvalue weighted by Crippen LogP contribution is 2.24. The van der Waals surface area contributed by atoms with Gasteiger partial charge in [-0.2, -0.15) is 0 Å². The Morgan fingerprint density at radius 3 is 2.42 bits per heavy atom. The van der Waals surface area contributed by atoms with Crippen LogP contribution in [0.15, 0.2) is 96.1 Å². The number of nitrogens with two attached hydrogens (primary N) is 1. The number of hydrogen-bond acceptors (Lipinski definition) is 5. The van der Waals surface area contributed by atoms with Gasteiger partial charge in [-0.3, -0.25) is 15.0 Å². The molecule has 0 radical (unpaired) electrons. The van der Waals surface area contributed by atoms with Crippen molar-refractivity contribution in [1.82, 2.24) is 9.97 Å². The van der Waals surface area contributed by atoms with Crippen LogP contribution in [0.25, 0.3) is 11.3 Å². The molecule has 4 rings (SSSR count). The summed E-state index contributed by atoms with van der Waals surface area (Å²) < 4.78 is 0. The van der Waals surface area contributed by atoms with Crippen LogP contribution in [0.3, 0.4) is 0 Å². The molecule has 0 saturated heterocycles. The highest BCUT2D eigenvalue weighted by atomic mass is 16.2. The summed E-state index contributed by atoms with van der Waals surface area (Å²) >= 11 is 0. The third-order valence-electron chi connectivity index (χ3n) is 5.01. The lowest BCUT2D eigenvalue weighted by Gasteiger charge is -2.20. The van der Waals surface area contributed by atoms with Gasteiger partial charge in [0, 0.05) is 34.9 Å². The van der Waals surface area contributed by atoms with Crippen molar-refractivity contribution in [2.45, 2.75) is 6.04 Å². The fourth-order valence-electron chi connectivity index (χ4n) is 3.37. The number of nitrogens with zero attached hydrogens (tertiary/aromatic N) is 1. The maximum absolute atomic E-state index is 13.2. The third-order valence-corrected chi connectivity index (χ3v) is 5.01. The molecule has 0 bridgehead atoms. The van der Waals surface area contributed by atoms with E-state index in [2.05, 4.69) is 20.6 Å². The molecule has 1 heterocycles. The van der Waals surface area contributed by atoms with Gasteiger partial charge in [0.1, 0.15) is 17.6 Å². The van der Waals surface area contributed by atoms with Crippen LogP contribution in [0.1, 0.15) is 17.2 Å². The van der Waals surface area contributed by atoms with Crippen LogP contribution < -0.4 is 21.9 Å². The number of aromatic amines is 1. The van der Waals surface area contributed by atoms with Crippen molar-refractivity contribution < 1.29 is 4.79 Å². The van der Waals surface area contributed by atoms with Gasteiger partial charge in [-0.25, -0.2) is 4.98 Å². The number of rotatable bonds is 7. The molecule has 4 aromatic rings. The van der Waals surface area contributed by atoms with Crippen molar-refractivity contribution >= 4 is 23.1 Å². The Kier molecular flexibility index (Phi) is 6.26. The molecule has 1 amide bonds. The zero-order chi connectivity index (χ0) is 23.2. The van der Waals surface area contributed by atoms with Crippen molar-refractivity contribution in [1.29, 1.82) is 5.41 Å². The molecule has 0 fully saturated rings. The van der Waals surface area contributed by atoms with Crippen LogP contribution in [-0.2, 0) is 4.79 Å². The van der Waals surface area contributed by atoms with Crippen molar-refractivity contribution in [3.63, 3.8) is 0 Å². The lowest BCUT2D eigenvalue weighted by Crippen LogP contribution is -2.27. The van der Waals surface area contributed by atoms with E-state index in [4.69, 9.17) is 11.1 Å². The molecule has 0 aliphatic heterocycles. The fraction of sp³-hybridized carbons (Fsp3) is 0.0400. The second kappa shape index (κ2) is 9.61. The summed E-state index contributed by atoms with van der Waals surface area (Å²) in [5.74, 6) is -0.345. The topological polar surface area (TPSA) is 137 Å². The van der Waals surface area contributed by atoms with Crippen molar-refractivity contribution in [3.8, 4) is 11.3 Å². The molecule has 164 valence electrons. The maximum Gasteiger partial charge on any atom is 0.274 e. The predicted molar refractivity (Wildman–Crippen MR) is 129 cm³/mol. The van der Waals surface area contributed by atoms with E-state index >= 15 is 0 Å². The molecule has 1 aromatic heterocycles. The predicted octanol–water partition coefficient (Wildman–Crippen LogP) is 3.51. The van der Waals surface area contributed by atoms with E-state index < -0.39 is 6.04 Å². The first-order chi connectivity index (χ1) is 16.0. The first kappa shape index (κ1) is 21.5. The van der Waals surface area contributed by atoms with E-state index in [1.165, 1.54) is 12.4 Å². The SMILES string of the molecule is N=C(N)c1cccc(NC(=O)C(Nc2ccc(-c3ncc[nH]c3=O)cc2)c2ccccc2)c1. The second-order valence-electron chi connectivity index (χ2n) is 7.32. The molecule has 8 nitrogen and oxygen atoms in total. The minimum Gasteiger partial charge on any atom is -0.384 e. The van der Waals surface area contributed by atoms with E-state index in [-0.39, 0.29) is 17.3 Å². The average Bonchev–Trinajstić information content (AvgIpc) is 2.84. The number of carbonyl (C=O) groups is 1. The fourth-order valence-corrected chi connectivity index (χ4v) is 3.37. The number of nitrogen functional groups attached to an aromatic ring is 1. The average molecular weight is 438 g/mol. The van der Waals surface area contributed by atoms with E-state index in [9.17, 15) is 9.59 Å². The van der Waals surface area contributed by atoms with E-state index in [0.29, 0.717) is 28.2 Å². The van der Waals surface area contributed by atoms with Crippen LogP contribution >= 0.6 is 0 Å². The van der Waals surface area contributed by atoms with Crippen LogP contribution in [0, 0.1) is 5.41 Å². The monoisotopic (exact) mass is 438 g/mol. The van der Waals surface area contributed by atoms with Gasteiger partial charge in [0.15, 0.2) is 0 Å². The summed E-state index contributed by atoms with van der Waals surface area (Å²) in [6.45, 7) is 0. The third kappa shape index (κ3) is 5.13. The highest BCUT2D eigenvalue weighted by Gasteiger charge is 2.21. The number of amides is 1. The number of amidine groups is 1. The van der Waals surface area contributed by atoms with Crippen molar-refractivity contribution in [3.05, 3.63) is 113 Å². The van der Waals surface area contributed by atoms with E-state index in [1.54, 1.807) is 48.5 Å². The Bertz CT molecular complexity index is 1330.